The molecule has 2 N–H and O–H groups in total. The fraction of sp³-hybridized carbons (Fsp3) is 0.550. The third-order valence-corrected chi connectivity index (χ3v) is 5.76. The number of hydrogen-bond acceptors (Lipinski definition) is 4. The molecule has 26 heavy (non-hydrogen) atoms. The third kappa shape index (κ3) is 3.51. The minimum absolute atomic E-state index is 0.0268. The minimum Gasteiger partial charge on any atom is -0.347 e. The molecule has 1 saturated heterocycles. The molecule has 0 radical (unpaired) electrons. The fourth-order valence-corrected chi connectivity index (χ4v) is 4.11. The summed E-state index contributed by atoms with van der Waals surface area (Å²) >= 11 is 0. The summed E-state index contributed by atoms with van der Waals surface area (Å²) in [6.45, 7) is 7.13. The van der Waals surface area contributed by atoms with E-state index in [0.717, 1.165) is 50.2 Å². The maximum Gasteiger partial charge on any atom is 0.272 e. The lowest BCUT2D eigenvalue weighted by molar-refractivity contribution is 0.0931. The summed E-state index contributed by atoms with van der Waals surface area (Å²) in [7, 11) is 0. The van der Waals surface area contributed by atoms with Crippen molar-refractivity contribution in [2.45, 2.75) is 52.1 Å². The van der Waals surface area contributed by atoms with Gasteiger partial charge in [0, 0.05) is 49.3 Å². The molecule has 0 bridgehead atoms. The molecule has 0 spiro atoms. The Morgan fingerprint density at radius 2 is 2.31 bits per heavy atom. The van der Waals surface area contributed by atoms with E-state index < -0.39 is 0 Å². The third-order valence-electron chi connectivity index (χ3n) is 5.76. The van der Waals surface area contributed by atoms with E-state index >= 15 is 0 Å². The quantitative estimate of drug-likeness (QED) is 0.884. The Balaban J connectivity index is 1.36. The van der Waals surface area contributed by atoms with Crippen LogP contribution in [-0.2, 0) is 19.4 Å². The number of nitrogens with zero attached hydrogens (tertiary/aromatic N) is 3. The van der Waals surface area contributed by atoms with Gasteiger partial charge in [0.25, 0.3) is 5.91 Å². The van der Waals surface area contributed by atoms with Crippen LogP contribution in [0.3, 0.4) is 0 Å². The minimum atomic E-state index is -0.0268. The molecular weight excluding hydrogens is 326 g/mol. The number of likely N-dealkylation sites (tertiary alicyclic amines) is 1. The molecular formula is C20H27N5O. The number of carbonyl (C=O) groups excluding carboxylic acids is 1. The normalized spacial score (nSPS) is 23.0. The number of rotatable bonds is 4. The summed E-state index contributed by atoms with van der Waals surface area (Å²) in [5, 5.41) is 10.6. The van der Waals surface area contributed by atoms with Gasteiger partial charge in [0.2, 0.25) is 0 Å². The molecule has 6 nitrogen and oxygen atoms in total. The van der Waals surface area contributed by atoms with E-state index in [1.165, 1.54) is 17.5 Å². The smallest absolute Gasteiger partial charge is 0.272 e. The van der Waals surface area contributed by atoms with Gasteiger partial charge in [0.1, 0.15) is 0 Å². The molecule has 2 aromatic rings. The molecule has 1 aliphatic carbocycles. The number of H-pyrrole nitrogens is 1. The van der Waals surface area contributed by atoms with E-state index in [1.807, 2.05) is 18.5 Å². The predicted molar refractivity (Wildman–Crippen MR) is 99.9 cm³/mol. The molecule has 4 rings (SSSR count). The van der Waals surface area contributed by atoms with E-state index in [2.05, 4.69) is 39.2 Å². The van der Waals surface area contributed by atoms with Crippen LogP contribution in [0.2, 0.25) is 0 Å². The first kappa shape index (κ1) is 17.2. The zero-order valence-electron chi connectivity index (χ0n) is 15.6. The molecule has 1 fully saturated rings. The summed E-state index contributed by atoms with van der Waals surface area (Å²) in [4.78, 5) is 19.4. The van der Waals surface area contributed by atoms with Crippen molar-refractivity contribution in [3.05, 3.63) is 46.5 Å². The standard InChI is InChI=1S/C20H27N5O/c1-13-3-4-18-17(9-13)19(24-23-18)20(26)22-16-6-8-25(12-16)11-15-10-21-7-5-14(15)2/h5,7,10,13,16H,3-4,6,8-9,11-12H2,1-2H3,(H,22,26)(H,23,24)/t13?,16-/m0/s1. The van der Waals surface area contributed by atoms with Crippen molar-refractivity contribution in [2.75, 3.05) is 13.1 Å². The Bertz CT molecular complexity index is 799. The number of hydrogen-bond donors (Lipinski definition) is 2. The second kappa shape index (κ2) is 7.19. The van der Waals surface area contributed by atoms with Gasteiger partial charge in [0.05, 0.1) is 0 Å². The summed E-state index contributed by atoms with van der Waals surface area (Å²) in [5.41, 5.74) is 5.41. The first-order valence-electron chi connectivity index (χ1n) is 9.59. The SMILES string of the molecule is Cc1ccncc1CN1CC[C@H](NC(=O)c2n[nH]c3c2CC(C)CC3)C1. The average Bonchev–Trinajstić information content (AvgIpc) is 3.23. The summed E-state index contributed by atoms with van der Waals surface area (Å²) in [5.74, 6) is 0.595. The van der Waals surface area contributed by atoms with E-state index in [1.54, 1.807) is 0 Å². The van der Waals surface area contributed by atoms with Crippen molar-refractivity contribution >= 4 is 5.91 Å². The largest absolute Gasteiger partial charge is 0.347 e. The van der Waals surface area contributed by atoms with Gasteiger partial charge in [-0.15, -0.1) is 0 Å². The monoisotopic (exact) mass is 353 g/mol. The van der Waals surface area contributed by atoms with Crippen LogP contribution >= 0.6 is 0 Å². The van der Waals surface area contributed by atoms with Crippen LogP contribution in [0.5, 0.6) is 0 Å². The van der Waals surface area contributed by atoms with Crippen LogP contribution in [0.15, 0.2) is 18.5 Å². The van der Waals surface area contributed by atoms with Gasteiger partial charge in [-0.1, -0.05) is 6.92 Å². The maximum absolute atomic E-state index is 12.7. The zero-order chi connectivity index (χ0) is 18.1. The maximum atomic E-state index is 12.7. The number of aromatic nitrogens is 3. The Hall–Kier alpha value is -2.21. The molecule has 2 aliphatic rings. The Labute approximate surface area is 154 Å². The first-order chi connectivity index (χ1) is 12.6. The van der Waals surface area contributed by atoms with Crippen LogP contribution in [0, 0.1) is 12.8 Å². The number of nitrogens with one attached hydrogen (secondary N) is 2. The van der Waals surface area contributed by atoms with E-state index in [4.69, 9.17) is 0 Å². The van der Waals surface area contributed by atoms with Gasteiger partial charge in [-0.3, -0.25) is 19.8 Å². The molecule has 0 aromatic carbocycles. The highest BCUT2D eigenvalue weighted by atomic mass is 16.2. The summed E-state index contributed by atoms with van der Waals surface area (Å²) in [6.07, 6.45) is 7.87. The topological polar surface area (TPSA) is 73.9 Å². The van der Waals surface area contributed by atoms with Crippen LogP contribution in [0.4, 0.5) is 0 Å². The Morgan fingerprint density at radius 3 is 3.15 bits per heavy atom. The zero-order valence-corrected chi connectivity index (χ0v) is 15.6. The molecule has 2 aromatic heterocycles. The molecule has 1 amide bonds. The number of carbonyl (C=O) groups is 1. The van der Waals surface area contributed by atoms with Gasteiger partial charge >= 0.3 is 0 Å². The number of amides is 1. The van der Waals surface area contributed by atoms with Gasteiger partial charge in [-0.2, -0.15) is 5.10 Å². The van der Waals surface area contributed by atoms with Crippen LogP contribution in [0.1, 0.15) is 52.6 Å². The van der Waals surface area contributed by atoms with Crippen LogP contribution in [-0.4, -0.2) is 45.1 Å². The van der Waals surface area contributed by atoms with Crippen LogP contribution < -0.4 is 5.32 Å². The highest BCUT2D eigenvalue weighted by Crippen LogP contribution is 2.26. The van der Waals surface area contributed by atoms with Crippen LogP contribution in [0.25, 0.3) is 0 Å². The van der Waals surface area contributed by atoms with Crippen molar-refractivity contribution in [1.29, 1.82) is 0 Å². The van der Waals surface area contributed by atoms with Gasteiger partial charge < -0.3 is 5.32 Å². The molecule has 6 heteroatoms. The molecule has 0 saturated carbocycles. The van der Waals surface area contributed by atoms with E-state index in [9.17, 15) is 4.79 Å². The molecule has 2 atom stereocenters. The summed E-state index contributed by atoms with van der Waals surface area (Å²) < 4.78 is 0. The second-order valence-electron chi connectivity index (χ2n) is 7.87. The Kier molecular flexibility index (Phi) is 4.76. The molecule has 1 unspecified atom stereocenters. The molecule has 3 heterocycles. The number of aryl methyl sites for hydroxylation is 2. The lowest BCUT2D eigenvalue weighted by atomic mass is 9.87. The van der Waals surface area contributed by atoms with Crippen molar-refractivity contribution in [2.24, 2.45) is 5.92 Å². The lowest BCUT2D eigenvalue weighted by Gasteiger charge is -2.19. The van der Waals surface area contributed by atoms with Crippen molar-refractivity contribution in [1.82, 2.24) is 25.4 Å². The average molecular weight is 353 g/mol. The van der Waals surface area contributed by atoms with Gasteiger partial charge in [0.15, 0.2) is 5.69 Å². The highest BCUT2D eigenvalue weighted by Gasteiger charge is 2.28. The number of aromatic amines is 1. The Morgan fingerprint density at radius 1 is 1.42 bits per heavy atom. The number of fused-ring (bicyclic) bond motifs is 1. The fourth-order valence-electron chi connectivity index (χ4n) is 4.11. The lowest BCUT2D eigenvalue weighted by Crippen LogP contribution is -2.37. The second-order valence-corrected chi connectivity index (χ2v) is 7.87. The van der Waals surface area contributed by atoms with E-state index in [0.29, 0.717) is 11.6 Å². The van der Waals surface area contributed by atoms with Gasteiger partial charge in [-0.05, 0) is 55.7 Å². The molecule has 138 valence electrons. The van der Waals surface area contributed by atoms with Gasteiger partial charge in [-0.25, -0.2) is 0 Å². The first-order valence-corrected chi connectivity index (χ1v) is 9.59. The molecule has 1 aliphatic heterocycles. The summed E-state index contributed by atoms with van der Waals surface area (Å²) in [6, 6.07) is 2.24. The van der Waals surface area contributed by atoms with E-state index in [-0.39, 0.29) is 11.9 Å². The van der Waals surface area contributed by atoms with Crippen molar-refractivity contribution < 1.29 is 4.79 Å². The number of pyridine rings is 1. The highest BCUT2D eigenvalue weighted by molar-refractivity contribution is 5.94. The predicted octanol–water partition coefficient (Wildman–Crippen LogP) is 2.24. The van der Waals surface area contributed by atoms with Crippen molar-refractivity contribution in [3.63, 3.8) is 0 Å². The van der Waals surface area contributed by atoms with Crippen molar-refractivity contribution in [3.8, 4) is 0 Å².